The molecule has 2 rings (SSSR count). The predicted molar refractivity (Wildman–Crippen MR) is 49.0 cm³/mol. The third-order valence-electron chi connectivity index (χ3n) is 2.62. The van der Waals surface area contributed by atoms with E-state index in [2.05, 4.69) is 4.98 Å². The van der Waals surface area contributed by atoms with Gasteiger partial charge in [0.25, 0.3) is 0 Å². The highest BCUT2D eigenvalue weighted by Gasteiger charge is 2.45. The first-order chi connectivity index (χ1) is 6.61. The number of aromatic nitrogens is 1. The first kappa shape index (κ1) is 9.12. The molecule has 74 valence electrons. The van der Waals surface area contributed by atoms with E-state index in [1.807, 2.05) is 0 Å². The van der Waals surface area contributed by atoms with Crippen LogP contribution in [0.2, 0.25) is 0 Å². The third kappa shape index (κ3) is 1.36. The van der Waals surface area contributed by atoms with Crippen molar-refractivity contribution in [2.75, 3.05) is 0 Å². The molecular weight excluding hydrogens is 183 g/mol. The molecule has 2 N–H and O–H groups in total. The van der Waals surface area contributed by atoms with Gasteiger partial charge in [-0.3, -0.25) is 9.78 Å². The minimum atomic E-state index is -0.363. The molecule has 1 aromatic heterocycles. The van der Waals surface area contributed by atoms with Gasteiger partial charge in [-0.1, -0.05) is 0 Å². The van der Waals surface area contributed by atoms with Crippen LogP contribution in [0.15, 0.2) is 12.3 Å². The van der Waals surface area contributed by atoms with Crippen LogP contribution in [0.3, 0.4) is 0 Å². The number of nitrogens with zero attached hydrogens (tertiary/aromatic N) is 1. The van der Waals surface area contributed by atoms with Gasteiger partial charge in [0.05, 0.1) is 5.69 Å². The summed E-state index contributed by atoms with van der Waals surface area (Å²) >= 11 is 0. The maximum atomic E-state index is 13.5. The summed E-state index contributed by atoms with van der Waals surface area (Å²) in [6.45, 7) is 1.68. The summed E-state index contributed by atoms with van der Waals surface area (Å²) in [5.74, 6) is -0.995. The van der Waals surface area contributed by atoms with E-state index >= 15 is 0 Å². The number of halogens is 1. The molecule has 0 saturated heterocycles. The van der Waals surface area contributed by atoms with Crippen molar-refractivity contribution in [3.05, 3.63) is 29.3 Å². The molecule has 2 atom stereocenters. The largest absolute Gasteiger partial charge is 0.369 e. The minimum Gasteiger partial charge on any atom is -0.369 e. The molecule has 0 spiro atoms. The van der Waals surface area contributed by atoms with Crippen LogP contribution in [0.25, 0.3) is 0 Å². The molecule has 1 amide bonds. The van der Waals surface area contributed by atoms with Gasteiger partial charge >= 0.3 is 0 Å². The van der Waals surface area contributed by atoms with E-state index in [9.17, 15) is 9.18 Å². The Kier molecular flexibility index (Phi) is 1.98. The van der Waals surface area contributed by atoms with Gasteiger partial charge in [0.2, 0.25) is 5.91 Å². The van der Waals surface area contributed by atoms with Gasteiger partial charge in [-0.15, -0.1) is 0 Å². The van der Waals surface area contributed by atoms with Gasteiger partial charge in [-0.25, -0.2) is 4.39 Å². The lowest BCUT2D eigenvalue weighted by Gasteiger charge is -2.02. The van der Waals surface area contributed by atoms with Crippen molar-refractivity contribution in [2.24, 2.45) is 11.7 Å². The van der Waals surface area contributed by atoms with Gasteiger partial charge < -0.3 is 5.73 Å². The molecule has 3 nitrogen and oxygen atoms in total. The van der Waals surface area contributed by atoms with Crippen molar-refractivity contribution in [3.8, 4) is 0 Å². The van der Waals surface area contributed by atoms with Crippen molar-refractivity contribution in [3.63, 3.8) is 0 Å². The monoisotopic (exact) mass is 194 g/mol. The number of pyridine rings is 1. The van der Waals surface area contributed by atoms with Gasteiger partial charge in [0.15, 0.2) is 0 Å². The van der Waals surface area contributed by atoms with Crippen LogP contribution in [-0.4, -0.2) is 10.9 Å². The first-order valence-corrected chi connectivity index (χ1v) is 4.51. The Morgan fingerprint density at radius 3 is 3.00 bits per heavy atom. The number of carbonyl (C=O) groups excluding carboxylic acids is 1. The summed E-state index contributed by atoms with van der Waals surface area (Å²) in [6, 6.07) is 1.61. The fourth-order valence-corrected chi connectivity index (χ4v) is 1.63. The third-order valence-corrected chi connectivity index (χ3v) is 2.62. The predicted octanol–water partition coefficient (Wildman–Crippen LogP) is 1.12. The zero-order valence-corrected chi connectivity index (χ0v) is 7.83. The highest BCUT2D eigenvalue weighted by Crippen LogP contribution is 2.47. The van der Waals surface area contributed by atoms with Crippen molar-refractivity contribution >= 4 is 5.91 Å². The Balaban J connectivity index is 2.27. The fraction of sp³-hybridized carbons (Fsp3) is 0.400. The first-order valence-electron chi connectivity index (χ1n) is 4.51. The molecule has 2 unspecified atom stereocenters. The van der Waals surface area contributed by atoms with Gasteiger partial charge in [0.1, 0.15) is 5.82 Å². The smallest absolute Gasteiger partial charge is 0.221 e. The average Bonchev–Trinajstić information content (AvgIpc) is 2.89. The molecule has 0 bridgehead atoms. The normalized spacial score (nSPS) is 24.7. The van der Waals surface area contributed by atoms with Crippen LogP contribution in [-0.2, 0) is 4.79 Å². The van der Waals surface area contributed by atoms with E-state index in [0.29, 0.717) is 17.7 Å². The summed E-state index contributed by atoms with van der Waals surface area (Å²) < 4.78 is 13.5. The van der Waals surface area contributed by atoms with Crippen molar-refractivity contribution < 1.29 is 9.18 Å². The van der Waals surface area contributed by atoms with E-state index < -0.39 is 0 Å². The number of primary amides is 1. The lowest BCUT2D eigenvalue weighted by Crippen LogP contribution is -2.14. The molecule has 0 aliphatic heterocycles. The maximum absolute atomic E-state index is 13.5. The Labute approximate surface area is 81.1 Å². The number of nitrogens with two attached hydrogens (primary N) is 1. The number of aryl methyl sites for hydroxylation is 1. The van der Waals surface area contributed by atoms with E-state index in [0.717, 1.165) is 0 Å². The van der Waals surface area contributed by atoms with E-state index in [4.69, 9.17) is 5.73 Å². The Hall–Kier alpha value is -1.45. The number of carbonyl (C=O) groups is 1. The Morgan fingerprint density at radius 1 is 1.71 bits per heavy atom. The molecular formula is C10H11FN2O. The lowest BCUT2D eigenvalue weighted by atomic mass is 10.1. The lowest BCUT2D eigenvalue weighted by molar-refractivity contribution is -0.119. The molecule has 1 heterocycles. The quantitative estimate of drug-likeness (QED) is 0.766. The summed E-state index contributed by atoms with van der Waals surface area (Å²) in [7, 11) is 0. The highest BCUT2D eigenvalue weighted by molar-refractivity contribution is 5.80. The van der Waals surface area contributed by atoms with Crippen LogP contribution in [0, 0.1) is 18.7 Å². The van der Waals surface area contributed by atoms with Crippen LogP contribution >= 0.6 is 0 Å². The average molecular weight is 194 g/mol. The van der Waals surface area contributed by atoms with E-state index in [1.54, 1.807) is 19.2 Å². The zero-order valence-electron chi connectivity index (χ0n) is 7.83. The molecule has 0 radical (unpaired) electrons. The Morgan fingerprint density at radius 2 is 2.43 bits per heavy atom. The summed E-state index contributed by atoms with van der Waals surface area (Å²) in [4.78, 5) is 14.8. The number of rotatable bonds is 2. The Bertz CT molecular complexity index is 392. The summed E-state index contributed by atoms with van der Waals surface area (Å²) in [5.41, 5.74) is 6.07. The molecule has 4 heteroatoms. The van der Waals surface area contributed by atoms with Crippen LogP contribution in [0.4, 0.5) is 4.39 Å². The van der Waals surface area contributed by atoms with Crippen molar-refractivity contribution in [2.45, 2.75) is 19.3 Å². The van der Waals surface area contributed by atoms with E-state index in [1.165, 1.54) is 0 Å². The van der Waals surface area contributed by atoms with Crippen LogP contribution < -0.4 is 5.73 Å². The number of amides is 1. The topological polar surface area (TPSA) is 56.0 Å². The SMILES string of the molecule is Cc1ccnc(C2CC2C(N)=O)c1F. The second-order valence-electron chi connectivity index (χ2n) is 3.68. The highest BCUT2D eigenvalue weighted by atomic mass is 19.1. The molecule has 1 aromatic rings. The number of hydrogen-bond acceptors (Lipinski definition) is 2. The standard InChI is InChI=1S/C10H11FN2O/c1-5-2-3-13-9(8(5)11)6-4-7(6)10(12)14/h2-3,6-7H,4H2,1H3,(H2,12,14). The molecule has 0 aromatic carbocycles. The van der Waals surface area contributed by atoms with Gasteiger partial charge in [-0.2, -0.15) is 0 Å². The summed E-state index contributed by atoms with van der Waals surface area (Å²) in [6.07, 6.45) is 2.19. The van der Waals surface area contributed by atoms with Crippen molar-refractivity contribution in [1.82, 2.24) is 4.98 Å². The second kappa shape index (κ2) is 3.04. The molecule has 1 aliphatic carbocycles. The summed E-state index contributed by atoms with van der Waals surface area (Å²) in [5, 5.41) is 0. The molecule has 1 saturated carbocycles. The van der Waals surface area contributed by atoms with Gasteiger partial charge in [-0.05, 0) is 25.0 Å². The van der Waals surface area contributed by atoms with Crippen LogP contribution in [0.5, 0.6) is 0 Å². The van der Waals surface area contributed by atoms with Crippen LogP contribution in [0.1, 0.15) is 23.6 Å². The fourth-order valence-electron chi connectivity index (χ4n) is 1.63. The van der Waals surface area contributed by atoms with E-state index in [-0.39, 0.29) is 23.6 Å². The molecule has 1 aliphatic rings. The zero-order chi connectivity index (χ0) is 10.3. The minimum absolute atomic E-state index is 0.104. The van der Waals surface area contributed by atoms with Crippen molar-refractivity contribution in [1.29, 1.82) is 0 Å². The number of hydrogen-bond donors (Lipinski definition) is 1. The molecule has 14 heavy (non-hydrogen) atoms. The van der Waals surface area contributed by atoms with Gasteiger partial charge in [0, 0.05) is 18.0 Å². The maximum Gasteiger partial charge on any atom is 0.221 e. The second-order valence-corrected chi connectivity index (χ2v) is 3.68. The molecule has 1 fully saturated rings.